The van der Waals surface area contributed by atoms with Crippen LogP contribution in [0.3, 0.4) is 0 Å². The van der Waals surface area contributed by atoms with Crippen LogP contribution < -0.4 is 5.32 Å². The number of nitrogens with one attached hydrogen (secondary N) is 1. The molecule has 0 saturated carbocycles. The number of rotatable bonds is 29. The van der Waals surface area contributed by atoms with Crippen LogP contribution in [0.5, 0.6) is 0 Å². The van der Waals surface area contributed by atoms with Gasteiger partial charge in [0.25, 0.3) is 0 Å². The number of hydrogen-bond donors (Lipinski definition) is 9. The highest BCUT2D eigenvalue weighted by molar-refractivity contribution is 7.99. The maximum absolute atomic E-state index is 14.7. The Morgan fingerprint density at radius 2 is 0.900 bits per heavy atom. The van der Waals surface area contributed by atoms with E-state index in [0.717, 1.165) is 27.7 Å². The zero-order valence-corrected chi connectivity index (χ0v) is 43.4. The van der Waals surface area contributed by atoms with Gasteiger partial charge in [-0.3, -0.25) is 24.0 Å². The highest BCUT2D eigenvalue weighted by Crippen LogP contribution is 2.61. The van der Waals surface area contributed by atoms with Gasteiger partial charge in [0.2, 0.25) is 5.91 Å². The van der Waals surface area contributed by atoms with E-state index >= 15 is 0 Å². The minimum Gasteiger partial charge on any atom is -0.463 e. The molecular weight excluding hydrogens is 1160 g/mol. The molecule has 0 aliphatic carbocycles. The van der Waals surface area contributed by atoms with Gasteiger partial charge >= 0.3 is 59.4 Å². The Kier molecular flexibility index (Phi) is 24.9. The molecule has 80 heavy (non-hydrogen) atoms. The molecule has 0 unspecified atom stereocenters. The van der Waals surface area contributed by atoms with Gasteiger partial charge in [-0.25, -0.2) is 0 Å². The van der Waals surface area contributed by atoms with Crippen molar-refractivity contribution < 1.29 is 165 Å². The molecular formula is C43H61F12NO23S. The van der Waals surface area contributed by atoms with Gasteiger partial charge < -0.3 is 93.5 Å². The van der Waals surface area contributed by atoms with Crippen LogP contribution in [0.25, 0.3) is 0 Å². The predicted molar refractivity (Wildman–Crippen MR) is 235 cm³/mol. The van der Waals surface area contributed by atoms with E-state index < -0.39 is 233 Å². The van der Waals surface area contributed by atoms with Crippen LogP contribution in [-0.4, -0.2) is 255 Å². The standard InChI is InChI=1S/C43H61F12NO23S/c1-6-38(44,45)40(48,49)42(52,53)43(54,55)41(50,51)39(46,47)8-10-80-9-7-24(63)56-37(14-71-34-29(68)27(66)25(64)21(11-57)77-34,15-72-35-30(69)28(67)26(65)22(12-58)78-35)16-73-36-33(76-20(5)62)32(75-19(4)61)31(74-18(3)60)23(79-36)13-70-17(2)59/h21-23,25-36,57-58,64-69H,6-16H2,1-5H3,(H,56,63)/t21-,22-,23-,25+,26+,27+,28+,29-,30-,31+,32+,33-,34-,35-,36-/m1/s1. The maximum Gasteiger partial charge on any atom is 0.384 e. The Labute approximate surface area is 449 Å². The summed E-state index contributed by atoms with van der Waals surface area (Å²) in [6.07, 6.45) is -36.1. The lowest BCUT2D eigenvalue weighted by molar-refractivity contribution is -0.425. The first-order valence-corrected chi connectivity index (χ1v) is 24.8. The highest BCUT2D eigenvalue weighted by Gasteiger charge is 2.89. The summed E-state index contributed by atoms with van der Waals surface area (Å²) in [7, 11) is 0. The zero-order chi connectivity index (χ0) is 61.3. The lowest BCUT2D eigenvalue weighted by atomic mass is 9.90. The number of aliphatic hydroxyl groups excluding tert-OH is 8. The van der Waals surface area contributed by atoms with Gasteiger partial charge in [0.15, 0.2) is 37.2 Å². The number of aliphatic hydroxyl groups is 8. The van der Waals surface area contributed by atoms with E-state index in [4.69, 9.17) is 47.4 Å². The number of alkyl halides is 12. The summed E-state index contributed by atoms with van der Waals surface area (Å²) in [5.41, 5.74) is -2.61. The van der Waals surface area contributed by atoms with E-state index in [1.165, 1.54) is 0 Å². The summed E-state index contributed by atoms with van der Waals surface area (Å²) in [5.74, 6) is -50.9. The topological polar surface area (TPSA) is 352 Å². The molecule has 24 nitrogen and oxygen atoms in total. The molecule has 9 N–H and O–H groups in total. The van der Waals surface area contributed by atoms with Crippen LogP contribution in [0, 0.1) is 0 Å². The molecule has 37 heteroatoms. The third kappa shape index (κ3) is 16.1. The second-order valence-corrected chi connectivity index (χ2v) is 19.6. The smallest absolute Gasteiger partial charge is 0.384 e. The van der Waals surface area contributed by atoms with Crippen molar-refractivity contribution in [2.75, 3.05) is 51.1 Å². The molecule has 3 heterocycles. The average Bonchev–Trinajstić information content (AvgIpc) is 3.36. The third-order valence-corrected chi connectivity index (χ3v) is 13.2. The maximum atomic E-state index is 14.7. The number of ether oxygens (including phenoxy) is 10. The average molecular weight is 1220 g/mol. The molecule has 0 aromatic heterocycles. The van der Waals surface area contributed by atoms with Gasteiger partial charge in [-0.2, -0.15) is 64.4 Å². The second kappa shape index (κ2) is 28.3. The Bertz CT molecular complexity index is 2030. The van der Waals surface area contributed by atoms with Crippen LogP contribution in [0.4, 0.5) is 52.7 Å². The van der Waals surface area contributed by atoms with Crippen molar-refractivity contribution in [3.63, 3.8) is 0 Å². The van der Waals surface area contributed by atoms with Crippen LogP contribution in [0.2, 0.25) is 0 Å². The first-order chi connectivity index (χ1) is 36.7. The normalized spacial score (nSPS) is 30.3. The van der Waals surface area contributed by atoms with Gasteiger partial charge in [0, 0.05) is 52.7 Å². The quantitative estimate of drug-likeness (QED) is 0.0194. The summed E-state index contributed by atoms with van der Waals surface area (Å²) in [5, 5.41) is 85.2. The molecule has 3 fully saturated rings. The summed E-state index contributed by atoms with van der Waals surface area (Å²) in [4.78, 5) is 63.2. The van der Waals surface area contributed by atoms with E-state index in [-0.39, 0.29) is 18.7 Å². The van der Waals surface area contributed by atoms with Crippen molar-refractivity contribution in [2.45, 2.75) is 187 Å². The number of carbonyl (C=O) groups excluding carboxylic acids is 5. The number of thioether (sulfide) groups is 1. The minimum atomic E-state index is -7.83. The van der Waals surface area contributed by atoms with E-state index in [9.17, 15) is 118 Å². The molecule has 3 aliphatic rings. The van der Waals surface area contributed by atoms with Crippen LogP contribution >= 0.6 is 11.8 Å². The number of halogens is 12. The monoisotopic (exact) mass is 1220 g/mol. The summed E-state index contributed by atoms with van der Waals surface area (Å²) >= 11 is 0.0128. The lowest BCUT2D eigenvalue weighted by Crippen LogP contribution is -2.70. The fourth-order valence-corrected chi connectivity index (χ4v) is 8.68. The van der Waals surface area contributed by atoms with Gasteiger partial charge in [-0.1, -0.05) is 6.92 Å². The Hall–Kier alpha value is -3.70. The van der Waals surface area contributed by atoms with Crippen molar-refractivity contribution in [2.24, 2.45) is 0 Å². The molecule has 0 aromatic carbocycles. The molecule has 15 atom stereocenters. The third-order valence-electron chi connectivity index (χ3n) is 12.2. The SMILES string of the molecule is CCC(F)(F)C(F)(F)C(F)(F)C(F)(F)C(F)(F)C(F)(F)CCSCCC(=O)NC(CO[C@@H]1O[C@H](CO)[C@H](O)[C@H](O)[C@H]1O)(CO[C@@H]1O[C@H](CO)[C@H](O)[C@H](O)[C@H]1O)CO[C@@H]1O[C@H](COC(C)=O)[C@H](OC(C)=O)[C@H](OC(C)=O)[C@H]1OC(C)=O. The number of amides is 1. The van der Waals surface area contributed by atoms with Gasteiger partial charge in [0.1, 0.15) is 67.1 Å². The van der Waals surface area contributed by atoms with Crippen molar-refractivity contribution in [1.82, 2.24) is 5.32 Å². The first kappa shape index (κ1) is 70.6. The molecule has 3 rings (SSSR count). The summed E-state index contributed by atoms with van der Waals surface area (Å²) in [6.45, 7) is -3.15. The van der Waals surface area contributed by atoms with Crippen LogP contribution in [-0.2, 0) is 71.3 Å². The van der Waals surface area contributed by atoms with Crippen LogP contribution in [0.1, 0.15) is 53.9 Å². The first-order valence-electron chi connectivity index (χ1n) is 23.7. The molecule has 0 spiro atoms. The fourth-order valence-electron chi connectivity index (χ4n) is 7.75. The second-order valence-electron chi connectivity index (χ2n) is 18.4. The molecule has 466 valence electrons. The predicted octanol–water partition coefficient (Wildman–Crippen LogP) is -0.691. The largest absolute Gasteiger partial charge is 0.463 e. The van der Waals surface area contributed by atoms with E-state index in [1.54, 1.807) is 0 Å². The Balaban J connectivity index is 2.11. The van der Waals surface area contributed by atoms with E-state index in [1.807, 2.05) is 0 Å². The van der Waals surface area contributed by atoms with Crippen molar-refractivity contribution >= 4 is 41.5 Å². The molecule has 3 saturated heterocycles. The van der Waals surface area contributed by atoms with E-state index in [0.29, 0.717) is 0 Å². The molecule has 0 radical (unpaired) electrons. The molecule has 0 aromatic rings. The lowest BCUT2D eigenvalue weighted by Gasteiger charge is -2.46. The van der Waals surface area contributed by atoms with Crippen molar-refractivity contribution in [3.8, 4) is 0 Å². The fraction of sp³-hybridized carbons (Fsp3) is 0.884. The van der Waals surface area contributed by atoms with Gasteiger partial charge in [-0.15, -0.1) is 0 Å². The Morgan fingerprint density at radius 3 is 1.31 bits per heavy atom. The number of esters is 4. The molecule has 1 amide bonds. The molecule has 0 bridgehead atoms. The van der Waals surface area contributed by atoms with Crippen LogP contribution in [0.15, 0.2) is 0 Å². The van der Waals surface area contributed by atoms with Crippen molar-refractivity contribution in [1.29, 1.82) is 0 Å². The highest BCUT2D eigenvalue weighted by atomic mass is 32.2. The Morgan fingerprint density at radius 1 is 0.500 bits per heavy atom. The van der Waals surface area contributed by atoms with Gasteiger partial charge in [0.05, 0.1) is 33.0 Å². The van der Waals surface area contributed by atoms with Gasteiger partial charge in [-0.05, 0) is 5.75 Å². The number of carbonyl (C=O) groups is 5. The molecule has 3 aliphatic heterocycles. The van der Waals surface area contributed by atoms with E-state index in [2.05, 4.69) is 5.32 Å². The summed E-state index contributed by atoms with van der Waals surface area (Å²) < 4.78 is 226. The summed E-state index contributed by atoms with van der Waals surface area (Å²) in [6, 6.07) is 0. The number of hydrogen-bond acceptors (Lipinski definition) is 24. The zero-order valence-electron chi connectivity index (χ0n) is 42.6. The minimum absolute atomic E-state index is 0.0128. The van der Waals surface area contributed by atoms with Crippen molar-refractivity contribution in [3.05, 3.63) is 0 Å².